The van der Waals surface area contributed by atoms with Crippen LogP contribution in [-0.4, -0.2) is 16.6 Å². The van der Waals surface area contributed by atoms with E-state index in [2.05, 4.69) is 33.4 Å². The average Bonchev–Trinajstić information content (AvgIpc) is 2.83. The predicted octanol–water partition coefficient (Wildman–Crippen LogP) is 5.65. The lowest BCUT2D eigenvalue weighted by atomic mass is 10.1. The van der Waals surface area contributed by atoms with Gasteiger partial charge in [0, 0.05) is 19.3 Å². The maximum absolute atomic E-state index is 13.4. The van der Waals surface area contributed by atoms with Crippen molar-refractivity contribution in [2.45, 2.75) is 6.54 Å². The maximum Gasteiger partial charge on any atom is 0.123 e. The fraction of sp³-hybridized carbons (Fsp3) is 0.111. The number of hydrogen-bond acceptors (Lipinski definition) is 4. The lowest BCUT2D eigenvalue weighted by Crippen LogP contribution is -2.14. The number of rotatable bonds is 5. The molecule has 0 unspecified atom stereocenters. The lowest BCUT2D eigenvalue weighted by molar-refractivity contribution is 0.627. The number of hydrogen-bond donors (Lipinski definition) is 2. The SMILES string of the molecule is CNCc1ccc2c(c1)nc1cc(Nc3ccc(F)cc3)c(=Nc3ccc(F)cc3)cc-1n2C. The second-order valence-corrected chi connectivity index (χ2v) is 8.10. The highest BCUT2D eigenvalue weighted by Crippen LogP contribution is 2.27. The first kappa shape index (κ1) is 21.7. The standard InChI is InChI=1S/C27H23F2N5/c1-30-16-17-3-12-26-24(13-17)33-25-14-22(31-20-8-4-18(28)5-9-20)23(15-27(25)34(26)2)32-21-10-6-19(29)7-11-21/h3-15,30-31H,16H2,1-2H3. The van der Waals surface area contributed by atoms with Crippen molar-refractivity contribution in [2.75, 3.05) is 12.4 Å². The minimum Gasteiger partial charge on any atom is -0.354 e. The Morgan fingerprint density at radius 2 is 1.59 bits per heavy atom. The molecule has 0 fully saturated rings. The number of nitrogens with one attached hydrogen (secondary N) is 2. The normalized spacial score (nSPS) is 11.9. The van der Waals surface area contributed by atoms with Gasteiger partial charge in [0.15, 0.2) is 0 Å². The van der Waals surface area contributed by atoms with E-state index in [0.29, 0.717) is 16.7 Å². The van der Waals surface area contributed by atoms with Crippen LogP contribution in [0.15, 0.2) is 83.9 Å². The number of anilines is 2. The molecule has 1 heterocycles. The summed E-state index contributed by atoms with van der Waals surface area (Å²) >= 11 is 0. The van der Waals surface area contributed by atoms with Gasteiger partial charge in [-0.05, 0) is 85.4 Å². The fourth-order valence-electron chi connectivity index (χ4n) is 3.98. The van der Waals surface area contributed by atoms with Crippen molar-refractivity contribution < 1.29 is 8.78 Å². The highest BCUT2D eigenvalue weighted by atomic mass is 19.1. The highest BCUT2D eigenvalue weighted by molar-refractivity contribution is 5.82. The Morgan fingerprint density at radius 3 is 2.29 bits per heavy atom. The zero-order chi connectivity index (χ0) is 23.7. The number of aromatic nitrogens is 2. The second-order valence-electron chi connectivity index (χ2n) is 8.10. The van der Waals surface area contributed by atoms with Gasteiger partial charge in [-0.2, -0.15) is 0 Å². The highest BCUT2D eigenvalue weighted by Gasteiger charge is 2.14. The van der Waals surface area contributed by atoms with E-state index in [9.17, 15) is 8.78 Å². The first-order valence-corrected chi connectivity index (χ1v) is 10.9. The first-order valence-electron chi connectivity index (χ1n) is 10.9. The van der Waals surface area contributed by atoms with Crippen LogP contribution in [0, 0.1) is 11.6 Å². The average molecular weight is 456 g/mol. The van der Waals surface area contributed by atoms with Crippen molar-refractivity contribution >= 4 is 28.1 Å². The van der Waals surface area contributed by atoms with Gasteiger partial charge in [-0.3, -0.25) is 0 Å². The molecule has 2 aliphatic rings. The van der Waals surface area contributed by atoms with E-state index < -0.39 is 0 Å². The first-order chi connectivity index (χ1) is 16.5. The van der Waals surface area contributed by atoms with Gasteiger partial charge in [-0.15, -0.1) is 0 Å². The van der Waals surface area contributed by atoms with Gasteiger partial charge in [-0.25, -0.2) is 18.8 Å². The Balaban J connectivity index is 1.72. The summed E-state index contributed by atoms with van der Waals surface area (Å²) in [5.74, 6) is -0.625. The molecule has 3 aromatic carbocycles. The minimum atomic E-state index is -0.318. The van der Waals surface area contributed by atoms with E-state index in [1.54, 1.807) is 24.3 Å². The third-order valence-electron chi connectivity index (χ3n) is 5.68. The Labute approximate surface area is 195 Å². The largest absolute Gasteiger partial charge is 0.354 e. The molecule has 0 amide bonds. The van der Waals surface area contributed by atoms with Gasteiger partial charge in [0.1, 0.15) is 11.6 Å². The zero-order valence-electron chi connectivity index (χ0n) is 18.8. The zero-order valence-corrected chi connectivity index (χ0v) is 18.8. The van der Waals surface area contributed by atoms with Crippen molar-refractivity contribution in [3.05, 3.63) is 101 Å². The third-order valence-corrected chi connectivity index (χ3v) is 5.68. The molecule has 170 valence electrons. The van der Waals surface area contributed by atoms with Crippen LogP contribution in [0.25, 0.3) is 22.4 Å². The quantitative estimate of drug-likeness (QED) is 0.337. The van der Waals surface area contributed by atoms with Crippen LogP contribution < -0.4 is 16.0 Å². The third kappa shape index (κ3) is 4.38. The van der Waals surface area contributed by atoms with Crippen LogP contribution in [0.1, 0.15) is 5.56 Å². The molecule has 7 heteroatoms. The lowest BCUT2D eigenvalue weighted by Gasteiger charge is -2.17. The molecule has 0 aromatic heterocycles. The Morgan fingerprint density at radius 1 is 0.882 bits per heavy atom. The number of nitrogens with zero attached hydrogens (tertiary/aromatic N) is 3. The molecule has 5 nitrogen and oxygen atoms in total. The van der Waals surface area contributed by atoms with Gasteiger partial charge in [0.25, 0.3) is 0 Å². The molecule has 0 spiro atoms. The summed E-state index contributed by atoms with van der Waals surface area (Å²) in [6.45, 7) is 0.756. The number of aryl methyl sites for hydroxylation is 1. The van der Waals surface area contributed by atoms with Gasteiger partial charge < -0.3 is 15.2 Å². The molecule has 1 aliphatic heterocycles. The smallest absolute Gasteiger partial charge is 0.123 e. The van der Waals surface area contributed by atoms with Crippen molar-refractivity contribution in [1.82, 2.24) is 14.9 Å². The van der Waals surface area contributed by atoms with E-state index in [0.717, 1.165) is 40.2 Å². The fourth-order valence-corrected chi connectivity index (χ4v) is 3.98. The minimum absolute atomic E-state index is 0.308. The summed E-state index contributed by atoms with van der Waals surface area (Å²) in [7, 11) is 3.91. The molecule has 0 saturated heterocycles. The molecular weight excluding hydrogens is 432 g/mol. The summed E-state index contributed by atoms with van der Waals surface area (Å²) in [6.07, 6.45) is 0. The van der Waals surface area contributed by atoms with Crippen LogP contribution in [0.5, 0.6) is 0 Å². The van der Waals surface area contributed by atoms with Crippen molar-refractivity contribution in [3.63, 3.8) is 0 Å². The molecule has 1 aliphatic carbocycles. The molecule has 5 rings (SSSR count). The summed E-state index contributed by atoms with van der Waals surface area (Å²) in [4.78, 5) is 9.67. The molecule has 0 saturated carbocycles. The van der Waals surface area contributed by atoms with Gasteiger partial charge in [-0.1, -0.05) is 6.07 Å². The van der Waals surface area contributed by atoms with E-state index in [-0.39, 0.29) is 11.6 Å². The van der Waals surface area contributed by atoms with E-state index in [4.69, 9.17) is 9.98 Å². The summed E-state index contributed by atoms with van der Waals surface area (Å²) in [5.41, 5.74) is 6.78. The number of fused-ring (bicyclic) bond motifs is 2. The van der Waals surface area contributed by atoms with Gasteiger partial charge in [0.2, 0.25) is 0 Å². The molecular formula is C27H23F2N5. The maximum atomic E-state index is 13.4. The van der Waals surface area contributed by atoms with Crippen LogP contribution in [0.4, 0.5) is 25.8 Å². The van der Waals surface area contributed by atoms with Crippen molar-refractivity contribution in [3.8, 4) is 11.4 Å². The molecule has 3 aromatic rings. The number of benzene rings is 4. The van der Waals surface area contributed by atoms with Gasteiger partial charge >= 0.3 is 0 Å². The molecule has 34 heavy (non-hydrogen) atoms. The van der Waals surface area contributed by atoms with Crippen molar-refractivity contribution in [2.24, 2.45) is 12.0 Å². The molecule has 0 radical (unpaired) electrons. The summed E-state index contributed by atoms with van der Waals surface area (Å²) in [6, 6.07) is 22.3. The topological polar surface area (TPSA) is 54.2 Å². The van der Waals surface area contributed by atoms with Crippen molar-refractivity contribution in [1.29, 1.82) is 0 Å². The van der Waals surface area contributed by atoms with E-state index in [1.807, 2.05) is 26.2 Å². The van der Waals surface area contributed by atoms with E-state index in [1.165, 1.54) is 24.3 Å². The monoisotopic (exact) mass is 455 g/mol. The van der Waals surface area contributed by atoms with E-state index >= 15 is 0 Å². The Kier molecular flexibility index (Phi) is 5.77. The summed E-state index contributed by atoms with van der Waals surface area (Å²) < 4.78 is 28.9. The molecule has 0 atom stereocenters. The summed E-state index contributed by atoms with van der Waals surface area (Å²) in [5, 5.41) is 7.16. The van der Waals surface area contributed by atoms with Crippen LogP contribution in [-0.2, 0) is 13.6 Å². The Bertz CT molecular complexity index is 1510. The Hall–Kier alpha value is -4.10. The molecule has 2 N–H and O–H groups in total. The van der Waals surface area contributed by atoms with Crippen LogP contribution >= 0.6 is 0 Å². The van der Waals surface area contributed by atoms with Crippen LogP contribution in [0.3, 0.4) is 0 Å². The molecule has 0 bridgehead atoms. The van der Waals surface area contributed by atoms with Gasteiger partial charge in [0.05, 0.1) is 39.2 Å². The second kappa shape index (κ2) is 9.03. The van der Waals surface area contributed by atoms with Crippen LogP contribution in [0.2, 0.25) is 0 Å². The predicted molar refractivity (Wildman–Crippen MR) is 131 cm³/mol. The number of halogens is 2.